The number of nitrogens with two attached hydrogens (primary N) is 1. The third-order valence-electron chi connectivity index (χ3n) is 4.19. The zero-order valence-corrected chi connectivity index (χ0v) is 13.4. The number of nitrogens with zero attached hydrogens (tertiary/aromatic N) is 1. The molecule has 1 aliphatic carbocycles. The number of aryl methyl sites for hydroxylation is 1. The SMILES string of the molecule is CCCCN(C1CC1)C(c1sccc1C)C(N)CC. The molecule has 0 aromatic carbocycles. The van der Waals surface area contributed by atoms with Crippen molar-refractivity contribution in [3.8, 4) is 0 Å². The van der Waals surface area contributed by atoms with Gasteiger partial charge in [0.25, 0.3) is 0 Å². The lowest BCUT2D eigenvalue weighted by Gasteiger charge is -2.35. The molecule has 0 amide bonds. The number of unbranched alkanes of at least 4 members (excludes halogenated alkanes) is 1. The summed E-state index contributed by atoms with van der Waals surface area (Å²) in [5.74, 6) is 0. The van der Waals surface area contributed by atoms with Crippen LogP contribution in [0.25, 0.3) is 0 Å². The smallest absolute Gasteiger partial charge is 0.0598 e. The topological polar surface area (TPSA) is 29.3 Å². The molecular formula is C16H28N2S. The molecule has 0 saturated heterocycles. The van der Waals surface area contributed by atoms with Crippen molar-refractivity contribution in [3.05, 3.63) is 21.9 Å². The fourth-order valence-corrected chi connectivity index (χ4v) is 3.92. The van der Waals surface area contributed by atoms with Crippen LogP contribution in [0.3, 0.4) is 0 Å². The lowest BCUT2D eigenvalue weighted by atomic mass is 10.00. The van der Waals surface area contributed by atoms with E-state index in [-0.39, 0.29) is 6.04 Å². The lowest BCUT2D eigenvalue weighted by Crippen LogP contribution is -2.42. The first-order chi connectivity index (χ1) is 9.19. The van der Waals surface area contributed by atoms with Crippen LogP contribution in [0.1, 0.15) is 62.4 Å². The normalized spacial score (nSPS) is 18.8. The molecule has 1 saturated carbocycles. The van der Waals surface area contributed by atoms with E-state index in [2.05, 4.69) is 37.1 Å². The molecule has 1 aromatic heterocycles. The summed E-state index contributed by atoms with van der Waals surface area (Å²) in [7, 11) is 0. The Morgan fingerprint density at radius 3 is 2.63 bits per heavy atom. The molecule has 3 heteroatoms. The van der Waals surface area contributed by atoms with Gasteiger partial charge in [0.05, 0.1) is 6.04 Å². The van der Waals surface area contributed by atoms with E-state index in [0.717, 1.165) is 12.5 Å². The summed E-state index contributed by atoms with van der Waals surface area (Å²) >= 11 is 1.89. The number of rotatable bonds is 8. The Bertz CT molecular complexity index is 384. The Labute approximate surface area is 122 Å². The van der Waals surface area contributed by atoms with Gasteiger partial charge in [0.15, 0.2) is 0 Å². The summed E-state index contributed by atoms with van der Waals surface area (Å²) in [5, 5.41) is 2.21. The number of thiophene rings is 1. The molecule has 2 rings (SSSR count). The van der Waals surface area contributed by atoms with Crippen molar-refractivity contribution in [1.82, 2.24) is 4.90 Å². The minimum absolute atomic E-state index is 0.259. The molecule has 1 aliphatic rings. The predicted octanol–water partition coefficient (Wildman–Crippen LogP) is 4.10. The van der Waals surface area contributed by atoms with E-state index in [9.17, 15) is 0 Å². The van der Waals surface area contributed by atoms with Gasteiger partial charge in [0.1, 0.15) is 0 Å². The Morgan fingerprint density at radius 1 is 1.42 bits per heavy atom. The highest BCUT2D eigenvalue weighted by Gasteiger charge is 2.37. The van der Waals surface area contributed by atoms with E-state index in [1.54, 1.807) is 0 Å². The summed E-state index contributed by atoms with van der Waals surface area (Å²) in [6.07, 6.45) is 6.33. The summed E-state index contributed by atoms with van der Waals surface area (Å²) in [6, 6.07) is 3.72. The van der Waals surface area contributed by atoms with Crippen molar-refractivity contribution in [3.63, 3.8) is 0 Å². The molecule has 0 bridgehead atoms. The maximum absolute atomic E-state index is 6.48. The van der Waals surface area contributed by atoms with E-state index in [1.165, 1.54) is 42.7 Å². The number of hydrogen-bond acceptors (Lipinski definition) is 3. The summed E-state index contributed by atoms with van der Waals surface area (Å²) in [4.78, 5) is 4.20. The van der Waals surface area contributed by atoms with E-state index >= 15 is 0 Å². The molecular weight excluding hydrogens is 252 g/mol. The van der Waals surface area contributed by atoms with Crippen LogP contribution in [0.5, 0.6) is 0 Å². The molecule has 0 aliphatic heterocycles. The van der Waals surface area contributed by atoms with Crippen LogP contribution in [-0.4, -0.2) is 23.5 Å². The molecule has 2 N–H and O–H groups in total. The van der Waals surface area contributed by atoms with E-state index in [0.29, 0.717) is 6.04 Å². The van der Waals surface area contributed by atoms with Crippen LogP contribution in [0, 0.1) is 6.92 Å². The van der Waals surface area contributed by atoms with Gasteiger partial charge in [-0.2, -0.15) is 0 Å². The highest BCUT2D eigenvalue weighted by molar-refractivity contribution is 7.10. The van der Waals surface area contributed by atoms with Crippen LogP contribution >= 0.6 is 11.3 Å². The van der Waals surface area contributed by atoms with Gasteiger partial charge in [-0.3, -0.25) is 4.90 Å². The third kappa shape index (κ3) is 3.59. The average molecular weight is 280 g/mol. The molecule has 2 unspecified atom stereocenters. The first kappa shape index (κ1) is 15.0. The molecule has 2 atom stereocenters. The summed E-state index contributed by atoms with van der Waals surface area (Å²) in [6.45, 7) is 7.92. The molecule has 0 spiro atoms. The molecule has 108 valence electrons. The van der Waals surface area contributed by atoms with Gasteiger partial charge in [-0.15, -0.1) is 11.3 Å². The minimum atomic E-state index is 0.259. The van der Waals surface area contributed by atoms with Crippen LogP contribution in [0.15, 0.2) is 11.4 Å². The molecule has 19 heavy (non-hydrogen) atoms. The van der Waals surface area contributed by atoms with E-state index in [4.69, 9.17) is 5.73 Å². The van der Waals surface area contributed by atoms with Gasteiger partial charge in [-0.25, -0.2) is 0 Å². The van der Waals surface area contributed by atoms with Gasteiger partial charge in [0.2, 0.25) is 0 Å². The maximum atomic E-state index is 6.48. The van der Waals surface area contributed by atoms with E-state index in [1.807, 2.05) is 11.3 Å². The van der Waals surface area contributed by atoms with Crippen molar-refractivity contribution >= 4 is 11.3 Å². The van der Waals surface area contributed by atoms with Crippen molar-refractivity contribution in [1.29, 1.82) is 0 Å². The van der Waals surface area contributed by atoms with Crippen molar-refractivity contribution in [2.45, 2.75) is 71.0 Å². The predicted molar refractivity (Wildman–Crippen MR) is 84.7 cm³/mol. The van der Waals surface area contributed by atoms with Gasteiger partial charge in [0, 0.05) is 17.0 Å². The van der Waals surface area contributed by atoms with Gasteiger partial charge in [-0.05, 0) is 56.2 Å². The Hall–Kier alpha value is -0.380. The highest BCUT2D eigenvalue weighted by atomic mass is 32.1. The zero-order valence-electron chi connectivity index (χ0n) is 12.6. The fourth-order valence-electron chi connectivity index (χ4n) is 2.80. The lowest BCUT2D eigenvalue weighted by molar-refractivity contribution is 0.159. The molecule has 1 heterocycles. The molecule has 1 fully saturated rings. The summed E-state index contributed by atoms with van der Waals surface area (Å²) in [5.41, 5.74) is 7.90. The van der Waals surface area contributed by atoms with Crippen molar-refractivity contribution in [2.24, 2.45) is 5.73 Å². The van der Waals surface area contributed by atoms with Crippen LogP contribution < -0.4 is 5.73 Å². The third-order valence-corrected chi connectivity index (χ3v) is 5.28. The highest BCUT2D eigenvalue weighted by Crippen LogP contribution is 2.39. The van der Waals surface area contributed by atoms with Crippen molar-refractivity contribution < 1.29 is 0 Å². The van der Waals surface area contributed by atoms with E-state index < -0.39 is 0 Å². The first-order valence-electron chi connectivity index (χ1n) is 7.74. The summed E-state index contributed by atoms with van der Waals surface area (Å²) < 4.78 is 0. The van der Waals surface area contributed by atoms with Gasteiger partial charge < -0.3 is 5.73 Å². The van der Waals surface area contributed by atoms with Crippen LogP contribution in [-0.2, 0) is 0 Å². The van der Waals surface area contributed by atoms with Crippen molar-refractivity contribution in [2.75, 3.05) is 6.54 Å². The molecule has 1 aromatic rings. The standard InChI is InChI=1S/C16H28N2S/c1-4-6-10-18(13-7-8-13)15(14(17)5-2)16-12(3)9-11-19-16/h9,11,13-15H,4-8,10,17H2,1-3H3. The second kappa shape index (κ2) is 6.87. The molecule has 0 radical (unpaired) electrons. The zero-order chi connectivity index (χ0) is 13.8. The second-order valence-electron chi connectivity index (χ2n) is 5.81. The largest absolute Gasteiger partial charge is 0.326 e. The Balaban J connectivity index is 2.22. The Kier molecular flexibility index (Phi) is 5.43. The minimum Gasteiger partial charge on any atom is -0.326 e. The van der Waals surface area contributed by atoms with Crippen LogP contribution in [0.2, 0.25) is 0 Å². The number of hydrogen-bond donors (Lipinski definition) is 1. The Morgan fingerprint density at radius 2 is 2.16 bits per heavy atom. The second-order valence-corrected chi connectivity index (χ2v) is 6.76. The average Bonchev–Trinajstić information content (AvgIpc) is 3.17. The maximum Gasteiger partial charge on any atom is 0.0598 e. The fraction of sp³-hybridized carbons (Fsp3) is 0.750. The molecule has 2 nitrogen and oxygen atoms in total. The van der Waals surface area contributed by atoms with Gasteiger partial charge in [-0.1, -0.05) is 20.3 Å². The quantitative estimate of drug-likeness (QED) is 0.777. The van der Waals surface area contributed by atoms with Gasteiger partial charge >= 0.3 is 0 Å². The van der Waals surface area contributed by atoms with Crippen LogP contribution in [0.4, 0.5) is 0 Å². The first-order valence-corrected chi connectivity index (χ1v) is 8.62. The monoisotopic (exact) mass is 280 g/mol.